The number of rotatable bonds is 6. The number of H-pyrrole nitrogens is 1. The molecule has 6 aromatic rings. The molecule has 0 fully saturated rings. The Morgan fingerprint density at radius 1 is 1.13 bits per heavy atom. The van der Waals surface area contributed by atoms with Crippen LogP contribution in [-0.2, 0) is 6.54 Å². The van der Waals surface area contributed by atoms with E-state index in [4.69, 9.17) is 15.5 Å². The molecule has 188 valence electrons. The third-order valence-corrected chi connectivity index (χ3v) is 6.24. The SMILES string of the molecule is COc1ccc(F)cc1C(=O)NCc1ccc(-c2ncc(-c3ccc4nccn4n3)c3[nH]nc(N)c23)cc1. The standard InChI is InChI=1S/C27H21FN8O2/c1-38-21-8-6-17(28)12-18(21)27(37)32-13-15-2-4-16(5-3-15)24-23-25(33-34-26(23)29)19(14-31-24)20-7-9-22-30-10-11-36(22)35-20/h2-12,14H,13H2,1H3,(H,32,37)(H3,29,33,34). The van der Waals surface area contributed by atoms with Gasteiger partial charge >= 0.3 is 0 Å². The summed E-state index contributed by atoms with van der Waals surface area (Å²) < 4.78 is 20.5. The van der Waals surface area contributed by atoms with Gasteiger partial charge in [0.2, 0.25) is 0 Å². The van der Waals surface area contributed by atoms with Gasteiger partial charge in [0.25, 0.3) is 5.91 Å². The summed E-state index contributed by atoms with van der Waals surface area (Å²) in [7, 11) is 1.43. The Balaban J connectivity index is 1.26. The highest BCUT2D eigenvalue weighted by atomic mass is 19.1. The zero-order valence-electron chi connectivity index (χ0n) is 20.1. The number of hydrogen-bond donors (Lipinski definition) is 3. The maximum Gasteiger partial charge on any atom is 0.255 e. The number of hydrogen-bond acceptors (Lipinski definition) is 7. The van der Waals surface area contributed by atoms with Gasteiger partial charge in [-0.05, 0) is 35.9 Å². The Kier molecular flexibility index (Phi) is 5.64. The molecule has 0 spiro atoms. The van der Waals surface area contributed by atoms with E-state index in [0.29, 0.717) is 28.3 Å². The second kappa shape index (κ2) is 9.28. The van der Waals surface area contributed by atoms with Gasteiger partial charge < -0.3 is 15.8 Å². The van der Waals surface area contributed by atoms with Crippen LogP contribution in [0.1, 0.15) is 15.9 Å². The van der Waals surface area contributed by atoms with Gasteiger partial charge in [-0.2, -0.15) is 10.2 Å². The quantitative estimate of drug-likeness (QED) is 0.309. The van der Waals surface area contributed by atoms with E-state index in [9.17, 15) is 9.18 Å². The summed E-state index contributed by atoms with van der Waals surface area (Å²) in [6.45, 7) is 0.247. The zero-order chi connectivity index (χ0) is 26.2. The van der Waals surface area contributed by atoms with Crippen molar-refractivity contribution in [1.29, 1.82) is 0 Å². The fraction of sp³-hybridized carbons (Fsp3) is 0.0741. The fourth-order valence-corrected chi connectivity index (χ4v) is 4.34. The summed E-state index contributed by atoms with van der Waals surface area (Å²) in [5.74, 6) is -0.316. The molecule has 0 atom stereocenters. The van der Waals surface area contributed by atoms with Gasteiger partial charge in [-0.3, -0.25) is 14.9 Å². The van der Waals surface area contributed by atoms with Crippen molar-refractivity contribution in [3.8, 4) is 28.3 Å². The monoisotopic (exact) mass is 508 g/mol. The number of ether oxygens (including phenoxy) is 1. The molecule has 2 aromatic carbocycles. The number of benzene rings is 2. The summed E-state index contributed by atoms with van der Waals surface area (Å²) in [6.07, 6.45) is 5.20. The number of fused-ring (bicyclic) bond motifs is 2. The van der Waals surface area contributed by atoms with E-state index in [-0.39, 0.29) is 12.1 Å². The lowest BCUT2D eigenvalue weighted by Crippen LogP contribution is -2.23. The van der Waals surface area contributed by atoms with E-state index in [1.54, 1.807) is 23.1 Å². The summed E-state index contributed by atoms with van der Waals surface area (Å²) in [6, 6.07) is 15.1. The van der Waals surface area contributed by atoms with Crippen LogP contribution in [0, 0.1) is 5.82 Å². The fourth-order valence-electron chi connectivity index (χ4n) is 4.34. The first-order valence-electron chi connectivity index (χ1n) is 11.7. The molecule has 0 aliphatic carbocycles. The topological polar surface area (TPSA) is 136 Å². The molecular formula is C27H21FN8O2. The highest BCUT2D eigenvalue weighted by Crippen LogP contribution is 2.35. The molecule has 0 radical (unpaired) electrons. The number of pyridine rings is 1. The first-order valence-corrected chi connectivity index (χ1v) is 11.7. The Hall–Kier alpha value is -5.32. The lowest BCUT2D eigenvalue weighted by molar-refractivity contribution is 0.0947. The third kappa shape index (κ3) is 4.05. The van der Waals surface area contributed by atoms with E-state index in [1.807, 2.05) is 36.4 Å². The second-order valence-electron chi connectivity index (χ2n) is 8.55. The normalized spacial score (nSPS) is 11.2. The number of nitrogens with one attached hydrogen (secondary N) is 2. The number of anilines is 1. The van der Waals surface area contributed by atoms with Crippen LogP contribution in [0.2, 0.25) is 0 Å². The van der Waals surface area contributed by atoms with E-state index < -0.39 is 11.7 Å². The van der Waals surface area contributed by atoms with E-state index in [2.05, 4.69) is 25.6 Å². The summed E-state index contributed by atoms with van der Waals surface area (Å²) in [5, 5.41) is 15.3. The number of aromatic amines is 1. The van der Waals surface area contributed by atoms with Crippen molar-refractivity contribution >= 4 is 28.3 Å². The van der Waals surface area contributed by atoms with Crippen molar-refractivity contribution in [3.05, 3.63) is 90.1 Å². The van der Waals surface area contributed by atoms with Crippen molar-refractivity contribution < 1.29 is 13.9 Å². The van der Waals surface area contributed by atoms with Crippen LogP contribution < -0.4 is 15.8 Å². The van der Waals surface area contributed by atoms with Crippen molar-refractivity contribution in [2.24, 2.45) is 0 Å². The first kappa shape index (κ1) is 23.1. The van der Waals surface area contributed by atoms with Gasteiger partial charge in [0, 0.05) is 36.3 Å². The first-order chi connectivity index (χ1) is 18.5. The molecule has 0 unspecified atom stereocenters. The van der Waals surface area contributed by atoms with Crippen molar-refractivity contribution in [3.63, 3.8) is 0 Å². The Labute approximate surface area is 215 Å². The minimum Gasteiger partial charge on any atom is -0.496 e. The second-order valence-corrected chi connectivity index (χ2v) is 8.55. The summed E-state index contributed by atoms with van der Waals surface area (Å²) >= 11 is 0. The molecule has 11 heteroatoms. The van der Waals surface area contributed by atoms with E-state index in [0.717, 1.165) is 33.9 Å². The largest absolute Gasteiger partial charge is 0.496 e. The Morgan fingerprint density at radius 3 is 2.79 bits per heavy atom. The molecule has 4 heterocycles. The summed E-state index contributed by atoms with van der Waals surface area (Å²) in [4.78, 5) is 21.5. The number of nitrogens with zero attached hydrogens (tertiary/aromatic N) is 5. The van der Waals surface area contributed by atoms with Crippen molar-refractivity contribution in [2.45, 2.75) is 6.54 Å². The molecule has 0 saturated carbocycles. The molecule has 10 nitrogen and oxygen atoms in total. The molecule has 1 amide bonds. The van der Waals surface area contributed by atoms with Crippen LogP contribution >= 0.6 is 0 Å². The summed E-state index contributed by atoms with van der Waals surface area (Å²) in [5.41, 5.74) is 11.6. The van der Waals surface area contributed by atoms with Gasteiger partial charge in [-0.15, -0.1) is 0 Å². The lowest BCUT2D eigenvalue weighted by Gasteiger charge is -2.11. The molecule has 0 aliphatic rings. The average Bonchev–Trinajstić information content (AvgIpc) is 3.58. The highest BCUT2D eigenvalue weighted by Gasteiger charge is 2.18. The number of halogens is 1. The van der Waals surface area contributed by atoms with Gasteiger partial charge in [0.1, 0.15) is 11.6 Å². The smallest absolute Gasteiger partial charge is 0.255 e. The minimum absolute atomic E-state index is 0.132. The van der Waals surface area contributed by atoms with E-state index >= 15 is 0 Å². The molecule has 0 bridgehead atoms. The van der Waals surface area contributed by atoms with Gasteiger partial charge in [0.05, 0.1) is 35.0 Å². The van der Waals surface area contributed by atoms with Gasteiger partial charge in [-0.25, -0.2) is 13.9 Å². The van der Waals surface area contributed by atoms with Crippen LogP contribution in [0.3, 0.4) is 0 Å². The molecule has 38 heavy (non-hydrogen) atoms. The number of carbonyl (C=O) groups excluding carboxylic acids is 1. The number of methoxy groups -OCH3 is 1. The van der Waals surface area contributed by atoms with Crippen LogP contribution in [-0.4, -0.2) is 42.8 Å². The maximum absolute atomic E-state index is 13.6. The van der Waals surface area contributed by atoms with Crippen LogP contribution in [0.25, 0.3) is 39.1 Å². The number of aromatic nitrogens is 6. The predicted molar refractivity (Wildman–Crippen MR) is 140 cm³/mol. The molecule has 6 rings (SSSR count). The molecule has 4 aromatic heterocycles. The number of nitrogens with two attached hydrogens (primary N) is 1. The maximum atomic E-state index is 13.6. The predicted octanol–water partition coefficient (Wildman–Crippen LogP) is 3.99. The van der Waals surface area contributed by atoms with Crippen molar-refractivity contribution in [2.75, 3.05) is 12.8 Å². The Bertz CT molecular complexity index is 1810. The molecule has 4 N–H and O–H groups in total. The minimum atomic E-state index is -0.512. The Morgan fingerprint density at radius 2 is 1.97 bits per heavy atom. The average molecular weight is 509 g/mol. The molecule has 0 saturated heterocycles. The number of amides is 1. The molecule has 0 aliphatic heterocycles. The zero-order valence-corrected chi connectivity index (χ0v) is 20.1. The number of carbonyl (C=O) groups is 1. The van der Waals surface area contributed by atoms with Crippen LogP contribution in [0.5, 0.6) is 5.75 Å². The van der Waals surface area contributed by atoms with Crippen LogP contribution in [0.4, 0.5) is 10.2 Å². The number of imidazole rings is 1. The lowest BCUT2D eigenvalue weighted by atomic mass is 10.0. The van der Waals surface area contributed by atoms with Gasteiger partial charge in [0.15, 0.2) is 11.5 Å². The third-order valence-electron chi connectivity index (χ3n) is 6.24. The van der Waals surface area contributed by atoms with Gasteiger partial charge in [-0.1, -0.05) is 24.3 Å². The molecular weight excluding hydrogens is 487 g/mol. The highest BCUT2D eigenvalue weighted by molar-refractivity contribution is 6.05. The van der Waals surface area contributed by atoms with Crippen molar-refractivity contribution in [1.82, 2.24) is 35.1 Å². The van der Waals surface area contributed by atoms with Crippen LogP contribution in [0.15, 0.2) is 73.2 Å². The van der Waals surface area contributed by atoms with E-state index in [1.165, 1.54) is 19.2 Å². The number of nitrogen functional groups attached to an aromatic ring is 1.